The van der Waals surface area contributed by atoms with Crippen molar-refractivity contribution in [2.75, 3.05) is 12.0 Å². The zero-order valence-corrected chi connectivity index (χ0v) is 19.8. The molecule has 0 atom stereocenters. The fourth-order valence-corrected chi connectivity index (χ4v) is 5.03. The summed E-state index contributed by atoms with van der Waals surface area (Å²) in [5, 5.41) is 0. The highest BCUT2D eigenvalue weighted by atomic mass is 32.2. The lowest BCUT2D eigenvalue weighted by molar-refractivity contribution is 0.0600. The zero-order valence-electron chi connectivity index (χ0n) is 19.0. The van der Waals surface area contributed by atoms with Crippen molar-refractivity contribution in [3.63, 3.8) is 0 Å². The number of oxazole rings is 1. The van der Waals surface area contributed by atoms with E-state index < -0.39 is 5.97 Å². The normalized spacial score (nSPS) is 12.7. The van der Waals surface area contributed by atoms with Gasteiger partial charge in [-0.2, -0.15) is 0 Å². The number of fused-ring (bicyclic) bond motifs is 2. The van der Waals surface area contributed by atoms with Crippen LogP contribution >= 0.6 is 11.8 Å². The minimum absolute atomic E-state index is 0.163. The lowest BCUT2D eigenvalue weighted by Crippen LogP contribution is -2.31. The fraction of sp³-hybridized carbons (Fsp3) is 0.148. The molecule has 4 aromatic rings. The number of amides is 1. The maximum atomic E-state index is 13.7. The molecule has 5 rings (SSSR count). The second kappa shape index (κ2) is 8.83. The van der Waals surface area contributed by atoms with Crippen molar-refractivity contribution in [3.8, 4) is 11.5 Å². The van der Waals surface area contributed by atoms with E-state index in [1.165, 1.54) is 18.9 Å². The van der Waals surface area contributed by atoms with Gasteiger partial charge >= 0.3 is 5.97 Å². The Morgan fingerprint density at radius 1 is 1.00 bits per heavy atom. The summed E-state index contributed by atoms with van der Waals surface area (Å²) in [4.78, 5) is 34.1. The van der Waals surface area contributed by atoms with E-state index in [0.717, 1.165) is 20.9 Å². The SMILES string of the molecule is COC(=O)c1ccc2c(c1)N(Cc1nc(-c3ccccc3C)oc1C)C(=O)c1ccccc1S2. The maximum absolute atomic E-state index is 13.7. The number of rotatable bonds is 4. The van der Waals surface area contributed by atoms with Gasteiger partial charge in [-0.3, -0.25) is 4.79 Å². The Kier molecular flexibility index (Phi) is 5.71. The van der Waals surface area contributed by atoms with E-state index in [9.17, 15) is 9.59 Å². The van der Waals surface area contributed by atoms with Gasteiger partial charge in [0, 0.05) is 15.4 Å². The van der Waals surface area contributed by atoms with Crippen molar-refractivity contribution in [1.82, 2.24) is 4.98 Å². The molecule has 0 bridgehead atoms. The van der Waals surface area contributed by atoms with Gasteiger partial charge in [-0.15, -0.1) is 0 Å². The van der Waals surface area contributed by atoms with Crippen LogP contribution in [0.2, 0.25) is 0 Å². The van der Waals surface area contributed by atoms with Gasteiger partial charge in [-0.05, 0) is 55.8 Å². The number of esters is 1. The number of hydrogen-bond donors (Lipinski definition) is 0. The van der Waals surface area contributed by atoms with Crippen molar-refractivity contribution in [3.05, 3.63) is 94.9 Å². The highest BCUT2D eigenvalue weighted by Crippen LogP contribution is 2.42. The first-order chi connectivity index (χ1) is 16.5. The quantitative estimate of drug-likeness (QED) is 0.338. The van der Waals surface area contributed by atoms with E-state index in [-0.39, 0.29) is 12.5 Å². The molecule has 0 N–H and O–H groups in total. The van der Waals surface area contributed by atoms with Gasteiger partial charge in [0.15, 0.2) is 0 Å². The maximum Gasteiger partial charge on any atom is 0.337 e. The molecule has 3 aromatic carbocycles. The molecule has 0 aliphatic carbocycles. The van der Waals surface area contributed by atoms with Crippen LogP contribution in [0.4, 0.5) is 5.69 Å². The van der Waals surface area contributed by atoms with Gasteiger partial charge in [-0.25, -0.2) is 9.78 Å². The van der Waals surface area contributed by atoms with E-state index >= 15 is 0 Å². The van der Waals surface area contributed by atoms with Gasteiger partial charge in [0.1, 0.15) is 11.5 Å². The largest absolute Gasteiger partial charge is 0.465 e. The molecular formula is C27H22N2O4S. The fourth-order valence-electron chi connectivity index (χ4n) is 3.97. The number of aromatic nitrogens is 1. The van der Waals surface area contributed by atoms with Gasteiger partial charge in [0.05, 0.1) is 30.5 Å². The second-order valence-corrected chi connectivity index (χ2v) is 9.08. The van der Waals surface area contributed by atoms with Crippen LogP contribution < -0.4 is 4.90 Å². The molecule has 0 unspecified atom stereocenters. The average Bonchev–Trinajstić information content (AvgIpc) is 3.16. The minimum Gasteiger partial charge on any atom is -0.465 e. The molecule has 2 heterocycles. The summed E-state index contributed by atoms with van der Waals surface area (Å²) >= 11 is 1.50. The topological polar surface area (TPSA) is 72.6 Å². The molecule has 0 fully saturated rings. The average molecular weight is 471 g/mol. The van der Waals surface area contributed by atoms with Crippen molar-refractivity contribution >= 4 is 29.3 Å². The number of nitrogens with zero attached hydrogens (tertiary/aromatic N) is 2. The summed E-state index contributed by atoms with van der Waals surface area (Å²) in [7, 11) is 1.34. The molecule has 1 aliphatic heterocycles. The third-order valence-corrected chi connectivity index (χ3v) is 6.97. The Balaban J connectivity index is 1.61. The molecule has 7 heteroatoms. The van der Waals surface area contributed by atoms with E-state index in [2.05, 4.69) is 0 Å². The van der Waals surface area contributed by atoms with Crippen LogP contribution in [-0.4, -0.2) is 24.0 Å². The highest BCUT2D eigenvalue weighted by molar-refractivity contribution is 7.99. The third kappa shape index (κ3) is 3.88. The molecule has 6 nitrogen and oxygen atoms in total. The van der Waals surface area contributed by atoms with E-state index in [1.807, 2.05) is 68.4 Å². The first-order valence-electron chi connectivity index (χ1n) is 10.8. The van der Waals surface area contributed by atoms with Crippen LogP contribution in [0.15, 0.2) is 80.9 Å². The molecule has 34 heavy (non-hydrogen) atoms. The summed E-state index contributed by atoms with van der Waals surface area (Å²) in [5.74, 6) is 0.540. The molecule has 0 saturated carbocycles. The van der Waals surface area contributed by atoms with Crippen LogP contribution in [0, 0.1) is 13.8 Å². The van der Waals surface area contributed by atoms with Crippen LogP contribution in [0.5, 0.6) is 0 Å². The van der Waals surface area contributed by atoms with Gasteiger partial charge in [-0.1, -0.05) is 42.1 Å². The number of carbonyl (C=O) groups excluding carboxylic acids is 2. The van der Waals surface area contributed by atoms with Crippen LogP contribution in [0.3, 0.4) is 0 Å². The Morgan fingerprint density at radius 2 is 1.74 bits per heavy atom. The van der Waals surface area contributed by atoms with Gasteiger partial charge < -0.3 is 14.1 Å². The third-order valence-electron chi connectivity index (χ3n) is 5.83. The van der Waals surface area contributed by atoms with Crippen molar-refractivity contribution in [2.24, 2.45) is 0 Å². The van der Waals surface area contributed by atoms with Crippen LogP contribution in [0.25, 0.3) is 11.5 Å². The molecule has 1 aromatic heterocycles. The number of aryl methyl sites for hydroxylation is 2. The Hall–Kier alpha value is -3.84. The lowest BCUT2D eigenvalue weighted by atomic mass is 10.1. The number of hydrogen-bond acceptors (Lipinski definition) is 6. The Labute approximate surface area is 201 Å². The Bertz CT molecular complexity index is 1430. The molecule has 170 valence electrons. The summed E-state index contributed by atoms with van der Waals surface area (Å²) in [6, 6.07) is 20.7. The van der Waals surface area contributed by atoms with Gasteiger partial charge in [0.25, 0.3) is 5.91 Å². The number of anilines is 1. The van der Waals surface area contributed by atoms with Crippen molar-refractivity contribution in [1.29, 1.82) is 0 Å². The molecule has 1 amide bonds. The van der Waals surface area contributed by atoms with Gasteiger partial charge in [0.2, 0.25) is 5.89 Å². The smallest absolute Gasteiger partial charge is 0.337 e. The van der Waals surface area contributed by atoms with Crippen LogP contribution in [-0.2, 0) is 11.3 Å². The first kappa shape index (κ1) is 22.0. The molecule has 0 spiro atoms. The minimum atomic E-state index is -0.457. The summed E-state index contributed by atoms with van der Waals surface area (Å²) in [6.45, 7) is 4.05. The number of ether oxygens (including phenoxy) is 1. The first-order valence-corrected chi connectivity index (χ1v) is 11.6. The summed E-state index contributed by atoms with van der Waals surface area (Å²) < 4.78 is 10.9. The zero-order chi connectivity index (χ0) is 23.8. The van der Waals surface area contributed by atoms with E-state index in [1.54, 1.807) is 17.0 Å². The molecular weight excluding hydrogens is 448 g/mol. The van der Waals surface area contributed by atoms with Crippen molar-refractivity contribution < 1.29 is 18.7 Å². The Morgan fingerprint density at radius 3 is 2.50 bits per heavy atom. The van der Waals surface area contributed by atoms with Crippen LogP contribution in [0.1, 0.15) is 37.7 Å². The molecule has 0 saturated heterocycles. The van der Waals surface area contributed by atoms with E-state index in [4.69, 9.17) is 14.1 Å². The monoisotopic (exact) mass is 470 g/mol. The standard InChI is InChI=1S/C27H22N2O4S/c1-16-8-4-5-9-19(16)25-28-21(17(2)33-25)15-29-22-14-18(27(31)32-3)12-13-24(22)34-23-11-7-6-10-20(23)26(29)30/h4-14H,15H2,1-3H3. The van der Waals surface area contributed by atoms with Crippen molar-refractivity contribution in [2.45, 2.75) is 30.2 Å². The lowest BCUT2D eigenvalue weighted by Gasteiger charge is -2.22. The summed E-state index contributed by atoms with van der Waals surface area (Å²) in [6.07, 6.45) is 0. The summed E-state index contributed by atoms with van der Waals surface area (Å²) in [5.41, 5.74) is 4.24. The number of methoxy groups -OCH3 is 1. The predicted octanol–water partition coefficient (Wildman–Crippen LogP) is 6.06. The predicted molar refractivity (Wildman–Crippen MR) is 130 cm³/mol. The number of carbonyl (C=O) groups is 2. The number of benzene rings is 3. The molecule has 1 aliphatic rings. The second-order valence-electron chi connectivity index (χ2n) is 8.00. The highest BCUT2D eigenvalue weighted by Gasteiger charge is 2.30. The molecule has 0 radical (unpaired) electrons. The van der Waals surface area contributed by atoms with E-state index in [0.29, 0.717) is 34.2 Å².